The third-order valence-corrected chi connectivity index (χ3v) is 5.57. The van der Waals surface area contributed by atoms with Crippen molar-refractivity contribution in [3.8, 4) is 17.8 Å². The van der Waals surface area contributed by atoms with Gasteiger partial charge < -0.3 is 14.7 Å². The van der Waals surface area contributed by atoms with Gasteiger partial charge in [-0.3, -0.25) is 14.3 Å². The van der Waals surface area contributed by atoms with Crippen molar-refractivity contribution in [2.75, 3.05) is 12.0 Å². The predicted molar refractivity (Wildman–Crippen MR) is 117 cm³/mol. The Hall–Kier alpha value is -4.78. The van der Waals surface area contributed by atoms with Gasteiger partial charge in [-0.05, 0) is 23.8 Å². The van der Waals surface area contributed by atoms with E-state index in [-0.39, 0.29) is 16.8 Å². The molecular weight excluding hydrogens is 424 g/mol. The zero-order valence-electron chi connectivity index (χ0n) is 17.4. The summed E-state index contributed by atoms with van der Waals surface area (Å²) in [7, 11) is 1.46. The lowest BCUT2D eigenvalue weighted by Crippen LogP contribution is -2.21. The number of hydrogen-bond acceptors (Lipinski definition) is 8. The van der Waals surface area contributed by atoms with Crippen LogP contribution in [0.25, 0.3) is 16.7 Å². The lowest BCUT2D eigenvalue weighted by atomic mass is 10.1. The zero-order valence-corrected chi connectivity index (χ0v) is 17.4. The van der Waals surface area contributed by atoms with Crippen LogP contribution >= 0.6 is 0 Å². The fraction of sp³-hybridized carbons (Fsp3) is 0.130. The monoisotopic (exact) mass is 440 g/mol. The number of pyridine rings is 2. The average Bonchev–Trinajstić information content (AvgIpc) is 3.27. The van der Waals surface area contributed by atoms with Gasteiger partial charge in [-0.1, -0.05) is 6.07 Å². The number of rotatable bonds is 4. The molecule has 0 fully saturated rings. The maximum atomic E-state index is 12.9. The third-order valence-electron chi connectivity index (χ3n) is 5.57. The van der Waals surface area contributed by atoms with E-state index in [0.29, 0.717) is 30.1 Å². The summed E-state index contributed by atoms with van der Waals surface area (Å²) >= 11 is 0. The molecule has 1 aliphatic rings. The van der Waals surface area contributed by atoms with Crippen molar-refractivity contribution < 1.29 is 14.6 Å². The Bertz CT molecular complexity index is 1500. The molecule has 0 unspecified atom stereocenters. The Labute approximate surface area is 187 Å². The quantitative estimate of drug-likeness (QED) is 0.507. The molecule has 5 rings (SSSR count). The molecule has 10 heteroatoms. The molecule has 0 radical (unpaired) electrons. The highest BCUT2D eigenvalue weighted by atomic mass is 16.5. The summed E-state index contributed by atoms with van der Waals surface area (Å²) in [6.45, 7) is 1.07. The van der Waals surface area contributed by atoms with Crippen molar-refractivity contribution in [1.82, 2.24) is 19.5 Å². The van der Waals surface area contributed by atoms with E-state index in [0.717, 1.165) is 11.3 Å². The molecular formula is C23H16N6O4. The van der Waals surface area contributed by atoms with Gasteiger partial charge in [0.05, 0.1) is 48.5 Å². The third kappa shape index (κ3) is 3.32. The number of carboxylic acid groups (broad SMARTS) is 1. The lowest BCUT2D eigenvalue weighted by molar-refractivity contribution is 0.0695. The number of fused-ring (bicyclic) bond motifs is 2. The first-order chi connectivity index (χ1) is 16.0. The highest BCUT2D eigenvalue weighted by molar-refractivity contribution is 5.95. The van der Waals surface area contributed by atoms with Crippen LogP contribution in [0.4, 0.5) is 5.69 Å². The zero-order chi connectivity index (χ0) is 23.1. The number of carboxylic acids is 1. The maximum Gasteiger partial charge on any atom is 0.341 e. The number of nitriles is 1. The van der Waals surface area contributed by atoms with Crippen molar-refractivity contribution in [2.24, 2.45) is 0 Å². The molecule has 10 nitrogen and oxygen atoms in total. The summed E-state index contributed by atoms with van der Waals surface area (Å²) in [4.78, 5) is 39.5. The molecule has 4 heterocycles. The Morgan fingerprint density at radius 1 is 1.21 bits per heavy atom. The largest absolute Gasteiger partial charge is 0.480 e. The van der Waals surface area contributed by atoms with Crippen LogP contribution in [0, 0.1) is 11.3 Å². The summed E-state index contributed by atoms with van der Waals surface area (Å²) in [5, 5.41) is 19.5. The van der Waals surface area contributed by atoms with Gasteiger partial charge in [0.15, 0.2) is 5.82 Å². The summed E-state index contributed by atoms with van der Waals surface area (Å²) in [6.07, 6.45) is 5.76. The van der Waals surface area contributed by atoms with E-state index in [1.54, 1.807) is 12.3 Å². The summed E-state index contributed by atoms with van der Waals surface area (Å²) in [6, 6.07) is 9.13. The standard InChI is InChI=1S/C23H16N6O4/c1-33-21-9-26-20(8-27-21)29-11-16(23(31)32)22(30)15-5-14(7-24)18(6-19(15)29)28-10-13-3-2-4-25-17(13)12-28/h2-6,8-9,11H,10,12H2,1H3,(H,31,32). The molecule has 0 spiro atoms. The highest BCUT2D eigenvalue weighted by Crippen LogP contribution is 2.32. The first-order valence-corrected chi connectivity index (χ1v) is 9.91. The second kappa shape index (κ2) is 7.72. The highest BCUT2D eigenvalue weighted by Gasteiger charge is 2.25. The topological polar surface area (TPSA) is 134 Å². The fourth-order valence-electron chi connectivity index (χ4n) is 3.96. The minimum atomic E-state index is -1.37. The molecule has 162 valence electrons. The summed E-state index contributed by atoms with van der Waals surface area (Å²) in [5.74, 6) is -0.788. The minimum absolute atomic E-state index is 0.0997. The first kappa shape index (κ1) is 20.1. The second-order valence-electron chi connectivity index (χ2n) is 7.43. The number of benzene rings is 1. The lowest BCUT2D eigenvalue weighted by Gasteiger charge is -2.21. The van der Waals surface area contributed by atoms with Crippen LogP contribution in [-0.4, -0.2) is 37.7 Å². The summed E-state index contributed by atoms with van der Waals surface area (Å²) in [5.41, 5.74) is 2.15. The number of aromatic nitrogens is 4. The molecule has 0 bridgehead atoms. The van der Waals surface area contributed by atoms with E-state index in [1.807, 2.05) is 17.0 Å². The molecule has 0 saturated carbocycles. The fourth-order valence-corrected chi connectivity index (χ4v) is 3.96. The summed E-state index contributed by atoms with van der Waals surface area (Å²) < 4.78 is 6.53. The SMILES string of the molecule is COc1cnc(-n2cc(C(=O)O)c(=O)c3cc(C#N)c(N4Cc5cccnc5C4)cc32)cn1. The van der Waals surface area contributed by atoms with Gasteiger partial charge >= 0.3 is 5.97 Å². The molecule has 1 aliphatic heterocycles. The number of carbonyl (C=O) groups is 1. The predicted octanol–water partition coefficient (Wildman–Crippen LogP) is 2.27. The molecule has 1 N–H and O–H groups in total. The van der Waals surface area contributed by atoms with E-state index >= 15 is 0 Å². The van der Waals surface area contributed by atoms with Gasteiger partial charge in [-0.2, -0.15) is 5.26 Å². The van der Waals surface area contributed by atoms with E-state index in [9.17, 15) is 20.0 Å². The van der Waals surface area contributed by atoms with Gasteiger partial charge in [-0.15, -0.1) is 0 Å². The molecule has 3 aromatic heterocycles. The number of nitrogens with zero attached hydrogens (tertiary/aromatic N) is 6. The molecule has 1 aromatic carbocycles. The van der Waals surface area contributed by atoms with Crippen LogP contribution < -0.4 is 15.1 Å². The normalized spacial score (nSPS) is 12.4. The van der Waals surface area contributed by atoms with Gasteiger partial charge in [-0.25, -0.2) is 14.8 Å². The number of ether oxygens (including phenoxy) is 1. The molecule has 0 atom stereocenters. The van der Waals surface area contributed by atoms with Crippen molar-refractivity contribution in [1.29, 1.82) is 5.26 Å². The Kier molecular flexibility index (Phi) is 4.71. The Morgan fingerprint density at radius 2 is 2.06 bits per heavy atom. The van der Waals surface area contributed by atoms with Crippen LogP contribution in [-0.2, 0) is 13.1 Å². The molecule has 0 saturated heterocycles. The van der Waals surface area contributed by atoms with Crippen LogP contribution in [0.2, 0.25) is 0 Å². The van der Waals surface area contributed by atoms with Crippen LogP contribution in [0.15, 0.2) is 53.8 Å². The van der Waals surface area contributed by atoms with Gasteiger partial charge in [0, 0.05) is 24.3 Å². The number of anilines is 1. The minimum Gasteiger partial charge on any atom is -0.480 e. The van der Waals surface area contributed by atoms with Crippen molar-refractivity contribution in [3.05, 3.63) is 81.7 Å². The van der Waals surface area contributed by atoms with Gasteiger partial charge in [0.25, 0.3) is 0 Å². The van der Waals surface area contributed by atoms with Crippen molar-refractivity contribution in [3.63, 3.8) is 0 Å². The van der Waals surface area contributed by atoms with E-state index < -0.39 is 17.0 Å². The number of aromatic carboxylic acids is 1. The molecule has 33 heavy (non-hydrogen) atoms. The van der Waals surface area contributed by atoms with Crippen molar-refractivity contribution in [2.45, 2.75) is 13.1 Å². The smallest absolute Gasteiger partial charge is 0.341 e. The number of methoxy groups -OCH3 is 1. The number of hydrogen-bond donors (Lipinski definition) is 1. The molecule has 0 aliphatic carbocycles. The maximum absolute atomic E-state index is 12.9. The first-order valence-electron chi connectivity index (χ1n) is 9.91. The van der Waals surface area contributed by atoms with Crippen LogP contribution in [0.1, 0.15) is 27.2 Å². The molecule has 4 aromatic rings. The van der Waals surface area contributed by atoms with Crippen molar-refractivity contribution >= 4 is 22.6 Å². The second-order valence-corrected chi connectivity index (χ2v) is 7.43. The van der Waals surface area contributed by atoms with E-state index in [1.165, 1.54) is 36.3 Å². The van der Waals surface area contributed by atoms with Gasteiger partial charge in [0.2, 0.25) is 11.3 Å². The van der Waals surface area contributed by atoms with E-state index in [4.69, 9.17) is 4.74 Å². The van der Waals surface area contributed by atoms with Crippen LogP contribution in [0.3, 0.4) is 0 Å². The van der Waals surface area contributed by atoms with E-state index in [2.05, 4.69) is 21.0 Å². The van der Waals surface area contributed by atoms with Gasteiger partial charge in [0.1, 0.15) is 11.6 Å². The molecule has 0 amide bonds. The Balaban J connectivity index is 1.76. The Morgan fingerprint density at radius 3 is 2.73 bits per heavy atom. The van der Waals surface area contributed by atoms with Crippen LogP contribution in [0.5, 0.6) is 5.88 Å². The average molecular weight is 440 g/mol.